The maximum absolute atomic E-state index is 6.22. The topological polar surface area (TPSA) is 29.3 Å². The van der Waals surface area contributed by atoms with Crippen molar-refractivity contribution in [2.75, 3.05) is 4.90 Å². The maximum Gasteiger partial charge on any atom is 0.0774 e. The van der Waals surface area contributed by atoms with E-state index < -0.39 is 0 Å². The first-order valence-electron chi connectivity index (χ1n) is 6.40. The number of hydrogen-bond acceptors (Lipinski definition) is 2. The molecule has 86 valence electrons. The zero-order valence-corrected chi connectivity index (χ0v) is 9.89. The second-order valence-electron chi connectivity index (χ2n) is 5.23. The third kappa shape index (κ3) is 1.61. The molecule has 2 N–H and O–H groups in total. The van der Waals surface area contributed by atoms with Crippen LogP contribution in [-0.4, -0.2) is 12.2 Å². The normalized spacial score (nSPS) is 29.8. The van der Waals surface area contributed by atoms with Gasteiger partial charge in [-0.1, -0.05) is 18.2 Å². The molecule has 1 aliphatic heterocycles. The van der Waals surface area contributed by atoms with Crippen molar-refractivity contribution >= 4 is 5.69 Å². The quantitative estimate of drug-likeness (QED) is 0.823. The van der Waals surface area contributed by atoms with Gasteiger partial charge < -0.3 is 10.6 Å². The van der Waals surface area contributed by atoms with Gasteiger partial charge in [-0.3, -0.25) is 0 Å². The number of benzene rings is 1. The fourth-order valence-electron chi connectivity index (χ4n) is 2.90. The molecule has 2 atom stereocenters. The van der Waals surface area contributed by atoms with Crippen molar-refractivity contribution in [3.05, 3.63) is 29.8 Å². The zero-order chi connectivity index (χ0) is 11.1. The van der Waals surface area contributed by atoms with Gasteiger partial charge in [0, 0.05) is 11.7 Å². The van der Waals surface area contributed by atoms with Crippen LogP contribution >= 0.6 is 0 Å². The minimum absolute atomic E-state index is 0.218. The average Bonchev–Trinajstić information content (AvgIpc) is 3.07. The average molecular weight is 216 g/mol. The Balaban J connectivity index is 1.98. The summed E-state index contributed by atoms with van der Waals surface area (Å²) in [5, 5.41) is 0. The number of nitrogens with two attached hydrogens (primary N) is 1. The van der Waals surface area contributed by atoms with Crippen LogP contribution in [-0.2, 0) is 0 Å². The summed E-state index contributed by atoms with van der Waals surface area (Å²) in [7, 11) is 0. The molecule has 1 saturated heterocycles. The van der Waals surface area contributed by atoms with Gasteiger partial charge in [-0.05, 0) is 50.2 Å². The van der Waals surface area contributed by atoms with Gasteiger partial charge >= 0.3 is 0 Å². The third-order valence-electron chi connectivity index (χ3n) is 3.94. The molecule has 2 fully saturated rings. The molecular weight excluding hydrogens is 196 g/mol. The predicted octanol–water partition coefficient (Wildman–Crippen LogP) is 2.84. The van der Waals surface area contributed by atoms with Gasteiger partial charge in [-0.2, -0.15) is 0 Å². The number of anilines is 1. The lowest BCUT2D eigenvalue weighted by Crippen LogP contribution is -2.40. The van der Waals surface area contributed by atoms with E-state index >= 15 is 0 Å². The number of para-hydroxylation sites is 1. The predicted molar refractivity (Wildman–Crippen MR) is 67.6 cm³/mol. The van der Waals surface area contributed by atoms with E-state index in [0.717, 1.165) is 12.3 Å². The molecule has 0 spiro atoms. The second-order valence-corrected chi connectivity index (χ2v) is 5.23. The molecular formula is C14H20N2. The van der Waals surface area contributed by atoms with Crippen molar-refractivity contribution in [1.82, 2.24) is 0 Å². The van der Waals surface area contributed by atoms with Gasteiger partial charge in [0.05, 0.1) is 6.17 Å². The number of nitrogens with zero attached hydrogens (tertiary/aromatic N) is 1. The lowest BCUT2D eigenvalue weighted by atomic mass is 10.1. The van der Waals surface area contributed by atoms with Crippen molar-refractivity contribution in [1.29, 1.82) is 0 Å². The summed E-state index contributed by atoms with van der Waals surface area (Å²) in [6.07, 6.45) is 5.28. The first-order chi connectivity index (χ1) is 7.77. The summed E-state index contributed by atoms with van der Waals surface area (Å²) in [6.45, 7) is 2.29. The molecule has 3 rings (SSSR count). The highest BCUT2D eigenvalue weighted by Gasteiger charge is 2.33. The molecule has 1 heterocycles. The molecule has 2 nitrogen and oxygen atoms in total. The van der Waals surface area contributed by atoms with Gasteiger partial charge in [0.25, 0.3) is 0 Å². The lowest BCUT2D eigenvalue weighted by Gasteiger charge is -2.30. The highest BCUT2D eigenvalue weighted by atomic mass is 15.3. The van der Waals surface area contributed by atoms with Gasteiger partial charge in [-0.15, -0.1) is 0 Å². The molecule has 0 aromatic heterocycles. The van der Waals surface area contributed by atoms with E-state index in [9.17, 15) is 0 Å². The van der Waals surface area contributed by atoms with Crippen LogP contribution in [0.2, 0.25) is 0 Å². The highest BCUT2D eigenvalue weighted by Crippen LogP contribution is 2.45. The minimum Gasteiger partial charge on any atom is -0.353 e. The summed E-state index contributed by atoms with van der Waals surface area (Å²) in [4.78, 5) is 2.42. The van der Waals surface area contributed by atoms with Crippen LogP contribution in [0.3, 0.4) is 0 Å². The number of hydrogen-bond donors (Lipinski definition) is 1. The SMILES string of the molecule is CC1CCC(N)N1c1ccccc1C1CC1. The van der Waals surface area contributed by atoms with Gasteiger partial charge in [0.2, 0.25) is 0 Å². The fourth-order valence-corrected chi connectivity index (χ4v) is 2.90. The Kier molecular flexibility index (Phi) is 2.40. The number of rotatable bonds is 2. The van der Waals surface area contributed by atoms with E-state index in [4.69, 9.17) is 5.73 Å². The molecule has 0 radical (unpaired) electrons. The van der Waals surface area contributed by atoms with Crippen LogP contribution < -0.4 is 10.6 Å². The van der Waals surface area contributed by atoms with Crippen LogP contribution in [0.5, 0.6) is 0 Å². The Labute approximate surface area is 97.4 Å². The van der Waals surface area contributed by atoms with E-state index in [2.05, 4.69) is 36.1 Å². The molecule has 2 heteroatoms. The molecule has 16 heavy (non-hydrogen) atoms. The molecule has 1 aliphatic carbocycles. The molecule has 0 amide bonds. The van der Waals surface area contributed by atoms with E-state index in [1.807, 2.05) is 0 Å². The Morgan fingerprint density at radius 3 is 2.50 bits per heavy atom. The first kappa shape index (κ1) is 10.2. The van der Waals surface area contributed by atoms with Gasteiger partial charge in [0.1, 0.15) is 0 Å². The molecule has 2 unspecified atom stereocenters. The monoisotopic (exact) mass is 216 g/mol. The van der Waals surface area contributed by atoms with Crippen LogP contribution in [0.25, 0.3) is 0 Å². The summed E-state index contributed by atoms with van der Waals surface area (Å²) in [6, 6.07) is 9.41. The van der Waals surface area contributed by atoms with Gasteiger partial charge in [0.15, 0.2) is 0 Å². The van der Waals surface area contributed by atoms with E-state index in [-0.39, 0.29) is 6.17 Å². The van der Waals surface area contributed by atoms with E-state index in [0.29, 0.717) is 6.04 Å². The third-order valence-corrected chi connectivity index (χ3v) is 3.94. The van der Waals surface area contributed by atoms with Crippen molar-refractivity contribution in [2.24, 2.45) is 5.73 Å². The van der Waals surface area contributed by atoms with Crippen molar-refractivity contribution < 1.29 is 0 Å². The Morgan fingerprint density at radius 1 is 1.12 bits per heavy atom. The molecule has 1 aromatic rings. The Bertz CT molecular complexity index is 374. The van der Waals surface area contributed by atoms with Crippen molar-refractivity contribution in [3.63, 3.8) is 0 Å². The Morgan fingerprint density at radius 2 is 1.88 bits per heavy atom. The molecule has 2 aliphatic rings. The maximum atomic E-state index is 6.22. The molecule has 1 saturated carbocycles. The van der Waals surface area contributed by atoms with Gasteiger partial charge in [-0.25, -0.2) is 0 Å². The van der Waals surface area contributed by atoms with Crippen molar-refractivity contribution in [2.45, 2.75) is 50.7 Å². The Hall–Kier alpha value is -1.02. The molecule has 1 aromatic carbocycles. The second kappa shape index (κ2) is 3.77. The summed E-state index contributed by atoms with van der Waals surface area (Å²) < 4.78 is 0. The standard InChI is InChI=1S/C14H20N2/c1-10-6-9-14(15)16(10)13-5-3-2-4-12(13)11-7-8-11/h2-5,10-11,14H,6-9,15H2,1H3. The van der Waals surface area contributed by atoms with Crippen molar-refractivity contribution in [3.8, 4) is 0 Å². The largest absolute Gasteiger partial charge is 0.353 e. The van der Waals surface area contributed by atoms with Crippen LogP contribution in [0.1, 0.15) is 44.1 Å². The molecule has 0 bridgehead atoms. The summed E-state index contributed by atoms with van der Waals surface area (Å²) >= 11 is 0. The summed E-state index contributed by atoms with van der Waals surface area (Å²) in [5.74, 6) is 0.802. The van der Waals surface area contributed by atoms with E-state index in [1.54, 1.807) is 0 Å². The fraction of sp³-hybridized carbons (Fsp3) is 0.571. The lowest BCUT2D eigenvalue weighted by molar-refractivity contribution is 0.668. The van der Waals surface area contributed by atoms with Crippen LogP contribution in [0.15, 0.2) is 24.3 Å². The highest BCUT2D eigenvalue weighted by molar-refractivity contribution is 5.58. The minimum atomic E-state index is 0.218. The first-order valence-corrected chi connectivity index (χ1v) is 6.40. The zero-order valence-electron chi connectivity index (χ0n) is 9.89. The van der Waals surface area contributed by atoms with E-state index in [1.165, 1.54) is 30.5 Å². The van der Waals surface area contributed by atoms with Crippen LogP contribution in [0.4, 0.5) is 5.69 Å². The van der Waals surface area contributed by atoms with Crippen LogP contribution in [0, 0.1) is 0 Å². The smallest absolute Gasteiger partial charge is 0.0774 e. The summed E-state index contributed by atoms with van der Waals surface area (Å²) in [5.41, 5.74) is 9.13.